The van der Waals surface area contributed by atoms with Crippen LogP contribution in [0.4, 0.5) is 0 Å². The molecule has 182 valence electrons. The highest BCUT2D eigenvalue weighted by Gasteiger charge is 2.39. The monoisotopic (exact) mass is 478 g/mol. The van der Waals surface area contributed by atoms with E-state index in [4.69, 9.17) is 4.74 Å². The molecule has 0 saturated heterocycles. The topological polar surface area (TPSA) is 107 Å². The fourth-order valence-corrected chi connectivity index (χ4v) is 5.86. The van der Waals surface area contributed by atoms with Gasteiger partial charge < -0.3 is 19.8 Å². The highest BCUT2D eigenvalue weighted by atomic mass is 32.2. The number of carbonyl (C=O) groups excluding carboxylic acids is 1. The summed E-state index contributed by atoms with van der Waals surface area (Å²) in [5.41, 5.74) is 0.512. The van der Waals surface area contributed by atoms with E-state index in [9.17, 15) is 23.4 Å². The number of aliphatic hydroxyl groups is 2. The van der Waals surface area contributed by atoms with E-state index in [1.807, 2.05) is 6.92 Å². The molecule has 1 aliphatic heterocycles. The van der Waals surface area contributed by atoms with Gasteiger partial charge in [0.1, 0.15) is 22.9 Å². The van der Waals surface area contributed by atoms with Crippen LogP contribution in [0.2, 0.25) is 0 Å². The Morgan fingerprint density at radius 2 is 2.03 bits per heavy atom. The highest BCUT2D eigenvalue weighted by molar-refractivity contribution is 7.89. The molecule has 1 fully saturated rings. The maximum Gasteiger partial charge on any atom is 0.247 e. The van der Waals surface area contributed by atoms with E-state index < -0.39 is 28.3 Å². The normalized spacial score (nSPS) is 24.5. The molecule has 1 heterocycles. The number of nitrogens with zero attached hydrogens (tertiary/aromatic N) is 2. The Hall–Kier alpha value is -2.12. The van der Waals surface area contributed by atoms with Crippen molar-refractivity contribution in [2.75, 3.05) is 26.7 Å². The maximum atomic E-state index is 13.5. The smallest absolute Gasteiger partial charge is 0.247 e. The number of benzene rings is 1. The molecule has 1 aliphatic carbocycles. The zero-order chi connectivity index (χ0) is 24.3. The van der Waals surface area contributed by atoms with Crippen LogP contribution in [0, 0.1) is 23.7 Å². The number of hydrogen-bond acceptors (Lipinski definition) is 6. The number of likely N-dealkylation sites (N-methyl/N-ethyl adjacent to an activating group) is 1. The first-order valence-corrected chi connectivity index (χ1v) is 12.9. The van der Waals surface area contributed by atoms with Crippen LogP contribution in [0.15, 0.2) is 23.1 Å². The second-order valence-electron chi connectivity index (χ2n) is 9.19. The van der Waals surface area contributed by atoms with Crippen molar-refractivity contribution >= 4 is 15.9 Å². The van der Waals surface area contributed by atoms with Crippen LogP contribution in [0.5, 0.6) is 5.75 Å². The first kappa shape index (κ1) is 25.5. The number of aliphatic hydroxyl groups excluding tert-OH is 2. The van der Waals surface area contributed by atoms with Crippen molar-refractivity contribution < 1.29 is 28.2 Å². The first-order valence-electron chi connectivity index (χ1n) is 11.4. The van der Waals surface area contributed by atoms with Gasteiger partial charge in [-0.05, 0) is 44.9 Å². The van der Waals surface area contributed by atoms with E-state index in [1.165, 1.54) is 10.4 Å². The van der Waals surface area contributed by atoms with Gasteiger partial charge in [-0.15, -0.1) is 0 Å². The number of carbonyl (C=O) groups is 1. The summed E-state index contributed by atoms with van der Waals surface area (Å²) < 4.78 is 34.5. The number of amides is 1. The minimum atomic E-state index is -3.94. The molecule has 8 nitrogen and oxygen atoms in total. The predicted octanol–water partition coefficient (Wildman–Crippen LogP) is 1.45. The Labute approximate surface area is 196 Å². The molecule has 3 rings (SSSR count). The lowest BCUT2D eigenvalue weighted by molar-refractivity contribution is -0.138. The molecule has 0 unspecified atom stereocenters. The molecule has 2 aliphatic rings. The molecule has 0 bridgehead atoms. The molecule has 1 saturated carbocycles. The summed E-state index contributed by atoms with van der Waals surface area (Å²) in [5, 5.41) is 19.2. The Balaban J connectivity index is 2.01. The minimum absolute atomic E-state index is 0.00438. The summed E-state index contributed by atoms with van der Waals surface area (Å²) in [7, 11) is -2.19. The molecule has 9 heteroatoms. The summed E-state index contributed by atoms with van der Waals surface area (Å²) in [6.45, 7) is 5.26. The van der Waals surface area contributed by atoms with E-state index in [2.05, 4.69) is 11.8 Å². The number of rotatable bonds is 5. The molecule has 1 aromatic carbocycles. The van der Waals surface area contributed by atoms with E-state index >= 15 is 0 Å². The van der Waals surface area contributed by atoms with Crippen molar-refractivity contribution in [2.24, 2.45) is 11.8 Å². The molecule has 33 heavy (non-hydrogen) atoms. The highest BCUT2D eigenvalue weighted by Crippen LogP contribution is 2.34. The Kier molecular flexibility index (Phi) is 8.06. The van der Waals surface area contributed by atoms with Crippen LogP contribution in [0.25, 0.3) is 0 Å². The van der Waals surface area contributed by atoms with Gasteiger partial charge in [0.25, 0.3) is 0 Å². The Morgan fingerprint density at radius 3 is 2.61 bits per heavy atom. The summed E-state index contributed by atoms with van der Waals surface area (Å²) in [6, 6.07) is 3.96. The van der Waals surface area contributed by atoms with Gasteiger partial charge in [0.15, 0.2) is 0 Å². The molecule has 4 atom stereocenters. The van der Waals surface area contributed by atoms with E-state index in [0.717, 1.165) is 19.3 Å². The number of hydrogen-bond donors (Lipinski definition) is 2. The van der Waals surface area contributed by atoms with Crippen molar-refractivity contribution in [3.8, 4) is 17.6 Å². The van der Waals surface area contributed by atoms with Gasteiger partial charge in [-0.1, -0.05) is 25.2 Å². The third-order valence-corrected chi connectivity index (χ3v) is 8.40. The van der Waals surface area contributed by atoms with Gasteiger partial charge in [-0.3, -0.25) is 4.79 Å². The van der Waals surface area contributed by atoms with Gasteiger partial charge in [0, 0.05) is 37.0 Å². The molecule has 0 aromatic heterocycles. The van der Waals surface area contributed by atoms with E-state index in [0.29, 0.717) is 12.1 Å². The largest absolute Gasteiger partial charge is 0.487 e. The second-order valence-corrected chi connectivity index (χ2v) is 11.1. The minimum Gasteiger partial charge on any atom is -0.487 e. The molecular weight excluding hydrogens is 444 g/mol. The van der Waals surface area contributed by atoms with Crippen molar-refractivity contribution in [1.82, 2.24) is 9.21 Å². The lowest BCUT2D eigenvalue weighted by atomic mass is 9.84. The van der Waals surface area contributed by atoms with Crippen LogP contribution in [-0.4, -0.2) is 78.7 Å². The van der Waals surface area contributed by atoms with Crippen LogP contribution in [0.1, 0.15) is 45.6 Å². The lowest BCUT2D eigenvalue weighted by Gasteiger charge is -2.38. The third-order valence-electron chi connectivity index (χ3n) is 6.38. The van der Waals surface area contributed by atoms with Gasteiger partial charge in [-0.2, -0.15) is 4.31 Å². The standard InChI is InChI=1S/C24H34N2O6S/c1-16-13-26(17(2)15-27)33(30,31)23-11-10-19(9-8-18(3)28)12-21(23)32-22(16)14-25(4)24(29)20-6-5-7-20/h10-12,16-18,20,22,27-28H,5-7,13-15H2,1-4H3/t16-,17-,18+,22-/m0/s1. The van der Waals surface area contributed by atoms with Crippen molar-refractivity contribution in [3.05, 3.63) is 23.8 Å². The SMILES string of the molecule is C[C@@H](O)C#Cc1ccc2c(c1)O[C@@H](CN(C)C(=O)C1CCC1)[C@@H](C)CN([C@@H](C)CO)S2(=O)=O. The van der Waals surface area contributed by atoms with Crippen molar-refractivity contribution in [3.63, 3.8) is 0 Å². The fraction of sp³-hybridized carbons (Fsp3) is 0.625. The summed E-state index contributed by atoms with van der Waals surface area (Å²) in [6.07, 6.45) is 1.59. The average Bonchev–Trinajstić information content (AvgIpc) is 2.72. The van der Waals surface area contributed by atoms with Gasteiger partial charge in [0.05, 0.1) is 13.2 Å². The summed E-state index contributed by atoms with van der Waals surface area (Å²) in [4.78, 5) is 14.4. The van der Waals surface area contributed by atoms with Gasteiger partial charge in [0.2, 0.25) is 15.9 Å². The predicted molar refractivity (Wildman–Crippen MR) is 124 cm³/mol. The molecule has 0 spiro atoms. The molecule has 2 N–H and O–H groups in total. The fourth-order valence-electron chi connectivity index (χ4n) is 4.04. The third kappa shape index (κ3) is 5.69. The van der Waals surface area contributed by atoms with Crippen LogP contribution < -0.4 is 4.74 Å². The number of sulfonamides is 1. The van der Waals surface area contributed by atoms with E-state index in [1.54, 1.807) is 37.9 Å². The first-order chi connectivity index (χ1) is 15.5. The quantitative estimate of drug-likeness (QED) is 0.621. The zero-order valence-electron chi connectivity index (χ0n) is 19.7. The molecule has 0 radical (unpaired) electrons. The molecular formula is C24H34N2O6S. The summed E-state index contributed by atoms with van der Waals surface area (Å²) in [5.74, 6) is 5.53. The maximum absolute atomic E-state index is 13.5. The van der Waals surface area contributed by atoms with Crippen LogP contribution in [0.3, 0.4) is 0 Å². The Morgan fingerprint density at radius 1 is 1.33 bits per heavy atom. The average molecular weight is 479 g/mol. The lowest BCUT2D eigenvalue weighted by Crippen LogP contribution is -2.50. The van der Waals surface area contributed by atoms with Crippen molar-refractivity contribution in [1.29, 1.82) is 0 Å². The second kappa shape index (κ2) is 10.4. The van der Waals surface area contributed by atoms with Gasteiger partial charge in [-0.25, -0.2) is 8.42 Å². The van der Waals surface area contributed by atoms with E-state index in [-0.39, 0.29) is 41.5 Å². The number of fused-ring (bicyclic) bond motifs is 1. The Bertz CT molecular complexity index is 1030. The van der Waals surface area contributed by atoms with Crippen molar-refractivity contribution in [2.45, 2.75) is 63.2 Å². The summed E-state index contributed by atoms with van der Waals surface area (Å²) >= 11 is 0. The molecule has 1 aromatic rings. The zero-order valence-corrected chi connectivity index (χ0v) is 20.5. The number of ether oxygens (including phenoxy) is 1. The van der Waals surface area contributed by atoms with Gasteiger partial charge >= 0.3 is 0 Å². The molecule has 1 amide bonds. The van der Waals surface area contributed by atoms with Crippen LogP contribution in [-0.2, 0) is 14.8 Å². The van der Waals surface area contributed by atoms with Crippen LogP contribution >= 0.6 is 0 Å².